The first-order chi connectivity index (χ1) is 18.1. The van der Waals surface area contributed by atoms with Gasteiger partial charge in [0, 0.05) is 23.8 Å². The molecule has 4 bridgehead atoms. The third kappa shape index (κ3) is 3.53. The Morgan fingerprint density at radius 1 is 1.21 bits per heavy atom. The van der Waals surface area contributed by atoms with Crippen molar-refractivity contribution in [3.8, 4) is 11.5 Å². The third-order valence-electron chi connectivity index (χ3n) is 9.11. The number of Topliss-reactive ketones (excluding diaryl/α,β-unsaturated/α-hetero) is 2. The van der Waals surface area contributed by atoms with E-state index in [1.165, 1.54) is 12.5 Å². The highest BCUT2D eigenvalue weighted by molar-refractivity contribution is 6.18. The summed E-state index contributed by atoms with van der Waals surface area (Å²) in [5.41, 5.74) is -2.08. The van der Waals surface area contributed by atoms with Crippen molar-refractivity contribution in [2.24, 2.45) is 11.8 Å². The second kappa shape index (κ2) is 8.78. The van der Waals surface area contributed by atoms with Crippen LogP contribution in [0.3, 0.4) is 0 Å². The van der Waals surface area contributed by atoms with Crippen LogP contribution in [-0.2, 0) is 19.1 Å². The van der Waals surface area contributed by atoms with Gasteiger partial charge in [0.05, 0.1) is 12.1 Å². The molecule has 3 heterocycles. The van der Waals surface area contributed by atoms with Gasteiger partial charge in [0.25, 0.3) is 0 Å². The molecule has 2 saturated heterocycles. The van der Waals surface area contributed by atoms with E-state index in [4.69, 9.17) is 14.2 Å². The van der Waals surface area contributed by atoms with Crippen LogP contribution in [0.2, 0.25) is 0 Å². The summed E-state index contributed by atoms with van der Waals surface area (Å²) >= 11 is 0. The quantitative estimate of drug-likeness (QED) is 0.446. The van der Waals surface area contributed by atoms with Crippen molar-refractivity contribution in [3.05, 3.63) is 47.1 Å². The van der Waals surface area contributed by atoms with Crippen molar-refractivity contribution in [1.29, 1.82) is 0 Å². The average Bonchev–Trinajstić information content (AvgIpc) is 3.04. The molecular formula is C30H35NO7. The highest BCUT2D eigenvalue weighted by Crippen LogP contribution is 2.67. The number of fused-ring (bicyclic) bond motifs is 1. The van der Waals surface area contributed by atoms with Crippen molar-refractivity contribution in [2.45, 2.75) is 69.7 Å². The molecular weight excluding hydrogens is 486 g/mol. The number of aromatic hydroxyl groups is 1. The Labute approximate surface area is 222 Å². The van der Waals surface area contributed by atoms with Gasteiger partial charge in [0.15, 0.2) is 22.8 Å². The van der Waals surface area contributed by atoms with Gasteiger partial charge < -0.3 is 19.3 Å². The molecule has 0 aromatic heterocycles. The summed E-state index contributed by atoms with van der Waals surface area (Å²) in [7, 11) is 0. The Kier molecular flexibility index (Phi) is 5.85. The van der Waals surface area contributed by atoms with Crippen LogP contribution >= 0.6 is 0 Å². The van der Waals surface area contributed by atoms with Crippen molar-refractivity contribution in [3.63, 3.8) is 0 Å². The summed E-state index contributed by atoms with van der Waals surface area (Å²) in [4.78, 5) is 42.2. The van der Waals surface area contributed by atoms with Gasteiger partial charge in [-0.05, 0) is 70.8 Å². The van der Waals surface area contributed by atoms with Crippen LogP contribution in [0.25, 0.3) is 0 Å². The first kappa shape index (κ1) is 25.3. The molecule has 1 N–H and O–H groups in total. The molecule has 3 aliphatic heterocycles. The number of benzene rings is 1. The van der Waals surface area contributed by atoms with E-state index in [1.807, 2.05) is 26.8 Å². The van der Waals surface area contributed by atoms with E-state index in [2.05, 4.69) is 4.90 Å². The first-order valence-corrected chi connectivity index (χ1v) is 13.7. The van der Waals surface area contributed by atoms with Gasteiger partial charge in [0.2, 0.25) is 0 Å². The number of likely N-dealkylation sites (tertiary alicyclic amines) is 1. The lowest BCUT2D eigenvalue weighted by Crippen LogP contribution is -2.72. The van der Waals surface area contributed by atoms with Crippen LogP contribution in [0.15, 0.2) is 41.5 Å². The summed E-state index contributed by atoms with van der Waals surface area (Å²) < 4.78 is 18.8. The highest BCUT2D eigenvalue weighted by atomic mass is 16.6. The molecule has 3 aliphatic carbocycles. The number of ketones is 2. The summed E-state index contributed by atoms with van der Waals surface area (Å²) in [6.07, 6.45) is 7.75. The number of esters is 1. The van der Waals surface area contributed by atoms with Crippen LogP contribution in [0.4, 0.5) is 0 Å². The molecule has 0 radical (unpaired) electrons. The van der Waals surface area contributed by atoms with Crippen molar-refractivity contribution < 1.29 is 33.7 Å². The Hall–Kier alpha value is -2.97. The van der Waals surface area contributed by atoms with Crippen LogP contribution < -0.4 is 4.74 Å². The number of hydrogen-bond acceptors (Lipinski definition) is 8. The number of ether oxygens (including phenoxy) is 3. The maximum Gasteiger partial charge on any atom is 0.320 e. The number of carbonyl (C=O) groups excluding carboxylic acids is 3. The van der Waals surface area contributed by atoms with E-state index >= 15 is 0 Å². The molecule has 38 heavy (non-hydrogen) atoms. The summed E-state index contributed by atoms with van der Waals surface area (Å²) in [6, 6.07) is 4.76. The summed E-state index contributed by atoms with van der Waals surface area (Å²) in [5.74, 6) is -1.23. The van der Waals surface area contributed by atoms with E-state index in [1.54, 1.807) is 18.2 Å². The maximum absolute atomic E-state index is 14.0. The normalized spacial score (nSPS) is 33.3. The average molecular weight is 522 g/mol. The Balaban J connectivity index is 1.29. The van der Waals surface area contributed by atoms with Crippen molar-refractivity contribution >= 4 is 17.5 Å². The van der Waals surface area contributed by atoms with Crippen LogP contribution in [0, 0.1) is 11.8 Å². The second-order valence-corrected chi connectivity index (χ2v) is 11.9. The largest absolute Gasteiger partial charge is 0.507 e. The number of rotatable bonds is 6. The zero-order valence-electron chi connectivity index (χ0n) is 22.2. The molecule has 1 spiro atoms. The zero-order chi connectivity index (χ0) is 26.9. The molecule has 7 rings (SSSR count). The van der Waals surface area contributed by atoms with Gasteiger partial charge in [-0.25, -0.2) is 0 Å². The number of hydrogen-bond donors (Lipinski definition) is 1. The maximum atomic E-state index is 14.0. The zero-order valence-corrected chi connectivity index (χ0v) is 22.2. The van der Waals surface area contributed by atoms with Gasteiger partial charge in [0.1, 0.15) is 23.7 Å². The lowest BCUT2D eigenvalue weighted by atomic mass is 9.51. The molecule has 0 amide bonds. The van der Waals surface area contributed by atoms with Gasteiger partial charge in [-0.15, -0.1) is 0 Å². The fourth-order valence-corrected chi connectivity index (χ4v) is 7.39. The summed E-state index contributed by atoms with van der Waals surface area (Å²) in [5, 5.41) is 10.5. The SMILES string of the molecule is C/C(=C/C[C@@]12OC(C)(C)[C@@H]3C[C@@H](C=C4C(=O)c5c(O)cccc5O[C@]431)C2=O)COC(=O)CN1CCCCC1. The minimum absolute atomic E-state index is 0.0920. The fourth-order valence-electron chi connectivity index (χ4n) is 7.39. The van der Waals surface area contributed by atoms with Crippen molar-refractivity contribution in [2.75, 3.05) is 26.2 Å². The monoisotopic (exact) mass is 521 g/mol. The minimum Gasteiger partial charge on any atom is -0.507 e. The molecule has 1 aromatic rings. The predicted octanol–water partition coefficient (Wildman–Crippen LogP) is 3.76. The summed E-state index contributed by atoms with van der Waals surface area (Å²) in [6.45, 7) is 8.01. The molecule has 8 nitrogen and oxygen atoms in total. The van der Waals surface area contributed by atoms with Gasteiger partial charge in [-0.3, -0.25) is 19.3 Å². The Bertz CT molecular complexity index is 1270. The molecule has 1 aromatic carbocycles. The number of piperidine rings is 1. The first-order valence-electron chi connectivity index (χ1n) is 13.7. The highest BCUT2D eigenvalue weighted by Gasteiger charge is 2.81. The van der Waals surface area contributed by atoms with E-state index in [-0.39, 0.29) is 60.1 Å². The van der Waals surface area contributed by atoms with E-state index in [0.29, 0.717) is 12.0 Å². The smallest absolute Gasteiger partial charge is 0.320 e. The van der Waals surface area contributed by atoms with Gasteiger partial charge >= 0.3 is 5.97 Å². The number of carbonyl (C=O) groups is 3. The molecule has 4 atom stereocenters. The standard InChI is InChI=1S/C30H35NO7/c1-18(17-36-24(33)16-31-12-5-4-6-13-31)10-11-29-27(35)19-14-20-26(34)25-21(32)8-7-9-22(25)37-30(20,29)23(15-19)28(2,3)38-29/h7-10,14,19,23,32H,4-6,11-13,15-17H2,1-3H3/b18-10-/t19-,23+,29+,30-/m1/s1. The second-order valence-electron chi connectivity index (χ2n) is 11.9. The number of nitrogens with zero attached hydrogens (tertiary/aromatic N) is 1. The molecule has 8 heteroatoms. The topological polar surface area (TPSA) is 102 Å². The molecule has 202 valence electrons. The van der Waals surface area contributed by atoms with Gasteiger partial charge in [-0.2, -0.15) is 0 Å². The van der Waals surface area contributed by atoms with Crippen LogP contribution in [0.5, 0.6) is 11.5 Å². The van der Waals surface area contributed by atoms with E-state index < -0.39 is 22.7 Å². The minimum atomic E-state index is -1.40. The number of allylic oxidation sites excluding steroid dienone is 1. The van der Waals surface area contributed by atoms with Crippen LogP contribution in [0.1, 0.15) is 63.2 Å². The number of phenols is 1. The van der Waals surface area contributed by atoms with Crippen molar-refractivity contribution in [1.82, 2.24) is 4.90 Å². The van der Waals surface area contributed by atoms with Crippen LogP contribution in [-0.4, -0.2) is 70.6 Å². The van der Waals surface area contributed by atoms with Gasteiger partial charge in [-0.1, -0.05) is 24.6 Å². The molecule has 0 unspecified atom stereocenters. The molecule has 3 fully saturated rings. The van der Waals surface area contributed by atoms with E-state index in [9.17, 15) is 19.5 Å². The lowest BCUT2D eigenvalue weighted by Gasteiger charge is -2.56. The predicted molar refractivity (Wildman–Crippen MR) is 138 cm³/mol. The Morgan fingerprint density at radius 3 is 2.74 bits per heavy atom. The lowest BCUT2D eigenvalue weighted by molar-refractivity contribution is -0.171. The fraction of sp³-hybridized carbons (Fsp3) is 0.567. The Morgan fingerprint density at radius 2 is 1.97 bits per heavy atom. The third-order valence-corrected chi connectivity index (χ3v) is 9.11. The van der Waals surface area contributed by atoms with E-state index in [0.717, 1.165) is 31.5 Å². The number of phenolic OH excluding ortho intramolecular Hbond substituents is 1. The molecule has 1 saturated carbocycles. The molecule has 6 aliphatic rings.